The van der Waals surface area contributed by atoms with Crippen molar-refractivity contribution in [3.63, 3.8) is 0 Å². The second-order valence-corrected chi connectivity index (χ2v) is 5.18. The molecule has 20 heavy (non-hydrogen) atoms. The minimum absolute atomic E-state index is 0.585. The van der Waals surface area contributed by atoms with Crippen molar-refractivity contribution >= 4 is 21.6 Å². The molecule has 1 N–H and O–H groups in total. The maximum atomic E-state index is 9.20. The zero-order valence-electron chi connectivity index (χ0n) is 11.2. The average Bonchev–Trinajstić information content (AvgIpc) is 2.47. The Morgan fingerprint density at radius 2 is 1.90 bits per heavy atom. The summed E-state index contributed by atoms with van der Waals surface area (Å²) in [5.41, 5.74) is 3.76. The van der Waals surface area contributed by atoms with E-state index in [0.717, 1.165) is 15.7 Å². The summed E-state index contributed by atoms with van der Waals surface area (Å²) in [6.07, 6.45) is 0. The Labute approximate surface area is 127 Å². The van der Waals surface area contributed by atoms with Gasteiger partial charge in [0.05, 0.1) is 17.9 Å². The Balaban J connectivity index is 2.18. The number of methoxy groups -OCH3 is 1. The number of halogens is 1. The van der Waals surface area contributed by atoms with E-state index >= 15 is 0 Å². The Morgan fingerprint density at radius 1 is 1.15 bits per heavy atom. The number of rotatable bonds is 5. The molecule has 4 heteroatoms. The Hall–Kier alpha value is -1.83. The lowest BCUT2D eigenvalue weighted by molar-refractivity contribution is 0.184. The average molecular weight is 331 g/mol. The molecule has 2 aromatic carbocycles. The third kappa shape index (κ3) is 3.38. The molecule has 0 aromatic heterocycles. The third-order valence-corrected chi connectivity index (χ3v) is 3.67. The monoisotopic (exact) mass is 330 g/mol. The van der Waals surface area contributed by atoms with Crippen molar-refractivity contribution in [3.05, 3.63) is 63.6 Å². The van der Waals surface area contributed by atoms with E-state index in [4.69, 9.17) is 4.74 Å². The highest BCUT2D eigenvalue weighted by atomic mass is 79.9. The summed E-state index contributed by atoms with van der Waals surface area (Å²) in [7, 11) is 1.69. The molecule has 0 aliphatic heterocycles. The van der Waals surface area contributed by atoms with Gasteiger partial charge in [0.2, 0.25) is 0 Å². The van der Waals surface area contributed by atoms with Crippen LogP contribution < -0.4 is 5.32 Å². The Kier molecular flexibility index (Phi) is 5.16. The highest BCUT2D eigenvalue weighted by Gasteiger charge is 2.07. The molecule has 0 bridgehead atoms. The predicted molar refractivity (Wildman–Crippen MR) is 83.3 cm³/mol. The van der Waals surface area contributed by atoms with E-state index in [1.165, 1.54) is 5.56 Å². The molecule has 3 nitrogen and oxygen atoms in total. The van der Waals surface area contributed by atoms with Crippen LogP contribution in [0.1, 0.15) is 16.7 Å². The number of anilines is 1. The van der Waals surface area contributed by atoms with Gasteiger partial charge in [-0.15, -0.1) is 0 Å². The molecule has 0 saturated heterocycles. The fraction of sp³-hybridized carbons (Fsp3) is 0.188. The van der Waals surface area contributed by atoms with Crippen LogP contribution >= 0.6 is 15.9 Å². The van der Waals surface area contributed by atoms with Crippen molar-refractivity contribution in [3.8, 4) is 6.07 Å². The maximum absolute atomic E-state index is 9.20. The normalized spacial score (nSPS) is 10.1. The first-order valence-electron chi connectivity index (χ1n) is 6.24. The largest absolute Gasteiger partial charge is 0.380 e. The van der Waals surface area contributed by atoms with Crippen LogP contribution in [0.25, 0.3) is 0 Å². The van der Waals surface area contributed by atoms with E-state index in [1.807, 2.05) is 36.4 Å². The smallest absolute Gasteiger partial charge is 0.103 e. The summed E-state index contributed by atoms with van der Waals surface area (Å²) in [5, 5.41) is 12.5. The Bertz CT molecular complexity index is 635. The fourth-order valence-electron chi connectivity index (χ4n) is 2.00. The number of nitrogens with one attached hydrogen (secondary N) is 1. The summed E-state index contributed by atoms with van der Waals surface area (Å²) >= 11 is 3.39. The second kappa shape index (κ2) is 7.09. The van der Waals surface area contributed by atoms with E-state index in [2.05, 4.69) is 33.4 Å². The Morgan fingerprint density at radius 3 is 2.60 bits per heavy atom. The van der Waals surface area contributed by atoms with Crippen LogP contribution in [-0.4, -0.2) is 7.11 Å². The van der Waals surface area contributed by atoms with Crippen LogP contribution in [0.15, 0.2) is 46.9 Å². The highest BCUT2D eigenvalue weighted by molar-refractivity contribution is 9.10. The van der Waals surface area contributed by atoms with Gasteiger partial charge in [-0.1, -0.05) is 30.3 Å². The first-order chi connectivity index (χ1) is 9.76. The quantitative estimate of drug-likeness (QED) is 0.898. The van der Waals surface area contributed by atoms with E-state index in [9.17, 15) is 5.26 Å². The molecule has 0 fully saturated rings. The van der Waals surface area contributed by atoms with Crippen molar-refractivity contribution in [2.45, 2.75) is 13.2 Å². The molecule has 0 radical (unpaired) electrons. The standard InChI is InChI=1S/C16H15BrN2O/c1-20-11-13-6-3-2-5-12(13)10-19-16-8-4-7-15(17)14(16)9-18/h2-8,19H,10-11H2,1H3. The lowest BCUT2D eigenvalue weighted by Gasteiger charge is -2.12. The first kappa shape index (κ1) is 14.6. The zero-order chi connectivity index (χ0) is 14.4. The van der Waals surface area contributed by atoms with Crippen LogP contribution in [0.5, 0.6) is 0 Å². The molecule has 0 atom stereocenters. The van der Waals surface area contributed by atoms with Crippen molar-refractivity contribution in [1.82, 2.24) is 0 Å². The highest BCUT2D eigenvalue weighted by Crippen LogP contribution is 2.24. The summed E-state index contributed by atoms with van der Waals surface area (Å²) in [4.78, 5) is 0. The molecule has 2 rings (SSSR count). The molecule has 0 spiro atoms. The van der Waals surface area contributed by atoms with Crippen molar-refractivity contribution in [2.24, 2.45) is 0 Å². The van der Waals surface area contributed by atoms with Crippen molar-refractivity contribution < 1.29 is 4.74 Å². The van der Waals surface area contributed by atoms with Gasteiger partial charge >= 0.3 is 0 Å². The van der Waals surface area contributed by atoms with Crippen LogP contribution in [-0.2, 0) is 17.9 Å². The number of hydrogen-bond acceptors (Lipinski definition) is 3. The summed E-state index contributed by atoms with van der Waals surface area (Å²) in [6.45, 7) is 1.24. The molecule has 0 unspecified atom stereocenters. The van der Waals surface area contributed by atoms with Gasteiger partial charge in [0.15, 0.2) is 0 Å². The van der Waals surface area contributed by atoms with E-state index < -0.39 is 0 Å². The molecule has 0 heterocycles. The fourth-order valence-corrected chi connectivity index (χ4v) is 2.46. The van der Waals surface area contributed by atoms with Crippen molar-refractivity contribution in [1.29, 1.82) is 5.26 Å². The van der Waals surface area contributed by atoms with E-state index in [1.54, 1.807) is 7.11 Å². The number of hydrogen-bond donors (Lipinski definition) is 1. The number of nitriles is 1. The molecule has 102 valence electrons. The van der Waals surface area contributed by atoms with Gasteiger partial charge in [-0.25, -0.2) is 0 Å². The minimum atomic E-state index is 0.585. The molecule has 0 saturated carbocycles. The van der Waals surface area contributed by atoms with Gasteiger partial charge in [0, 0.05) is 18.1 Å². The zero-order valence-corrected chi connectivity index (χ0v) is 12.8. The minimum Gasteiger partial charge on any atom is -0.380 e. The van der Waals surface area contributed by atoms with Gasteiger partial charge in [-0.3, -0.25) is 0 Å². The first-order valence-corrected chi connectivity index (χ1v) is 7.03. The maximum Gasteiger partial charge on any atom is 0.103 e. The third-order valence-electron chi connectivity index (χ3n) is 3.01. The predicted octanol–water partition coefficient (Wildman–Crippen LogP) is 4.08. The van der Waals surface area contributed by atoms with E-state index in [0.29, 0.717) is 18.7 Å². The summed E-state index contributed by atoms with van der Waals surface area (Å²) in [6, 6.07) is 16.0. The molecular weight excluding hydrogens is 316 g/mol. The summed E-state index contributed by atoms with van der Waals surface area (Å²) in [5.74, 6) is 0. The number of benzene rings is 2. The molecule has 0 aliphatic carbocycles. The summed E-state index contributed by atoms with van der Waals surface area (Å²) < 4.78 is 6.00. The van der Waals surface area contributed by atoms with Gasteiger partial charge in [0.1, 0.15) is 6.07 Å². The topological polar surface area (TPSA) is 45.0 Å². The van der Waals surface area contributed by atoms with Crippen LogP contribution in [0.3, 0.4) is 0 Å². The van der Waals surface area contributed by atoms with Crippen LogP contribution in [0.4, 0.5) is 5.69 Å². The lowest BCUT2D eigenvalue weighted by atomic mass is 10.1. The van der Waals surface area contributed by atoms with Gasteiger partial charge in [0.25, 0.3) is 0 Å². The van der Waals surface area contributed by atoms with E-state index in [-0.39, 0.29) is 0 Å². The molecule has 0 amide bonds. The molecule has 0 aliphatic rings. The van der Waals surface area contributed by atoms with Gasteiger partial charge in [-0.05, 0) is 39.2 Å². The van der Waals surface area contributed by atoms with Crippen LogP contribution in [0.2, 0.25) is 0 Å². The van der Waals surface area contributed by atoms with Crippen molar-refractivity contribution in [2.75, 3.05) is 12.4 Å². The molecule has 2 aromatic rings. The number of ether oxygens (including phenoxy) is 1. The van der Waals surface area contributed by atoms with Crippen LogP contribution in [0, 0.1) is 11.3 Å². The molecular formula is C16H15BrN2O. The number of nitrogens with zero attached hydrogens (tertiary/aromatic N) is 1. The van der Waals surface area contributed by atoms with Gasteiger partial charge in [-0.2, -0.15) is 5.26 Å². The lowest BCUT2D eigenvalue weighted by Crippen LogP contribution is -2.05. The van der Waals surface area contributed by atoms with Gasteiger partial charge < -0.3 is 10.1 Å². The second-order valence-electron chi connectivity index (χ2n) is 4.33. The SMILES string of the molecule is COCc1ccccc1CNc1cccc(Br)c1C#N.